The molecule has 27 heavy (non-hydrogen) atoms. The summed E-state index contributed by atoms with van der Waals surface area (Å²) in [5.74, 6) is 1.68. The van der Waals surface area contributed by atoms with Gasteiger partial charge in [0.05, 0.1) is 12.8 Å². The van der Waals surface area contributed by atoms with Crippen LogP contribution in [0.5, 0.6) is 11.5 Å². The highest BCUT2D eigenvalue weighted by Gasteiger charge is 2.28. The molecule has 4 rings (SSSR count). The summed E-state index contributed by atoms with van der Waals surface area (Å²) in [5, 5.41) is 6.64. The summed E-state index contributed by atoms with van der Waals surface area (Å²) >= 11 is 1.68. The molecule has 2 aliphatic heterocycles. The molecule has 2 saturated heterocycles. The van der Waals surface area contributed by atoms with Crippen LogP contribution in [0.4, 0.5) is 0 Å². The third-order valence-corrected chi connectivity index (χ3v) is 6.19. The maximum absolute atomic E-state index is 5.84. The molecule has 1 atom stereocenters. The molecule has 3 heterocycles. The second-order valence-corrected chi connectivity index (χ2v) is 8.10. The van der Waals surface area contributed by atoms with Crippen molar-refractivity contribution in [2.75, 3.05) is 46.4 Å². The first-order chi connectivity index (χ1) is 13.3. The Morgan fingerprint density at radius 1 is 1.15 bits per heavy atom. The van der Waals surface area contributed by atoms with Crippen molar-refractivity contribution in [1.82, 2.24) is 20.1 Å². The molecular formula is C20H28N4O2S. The quantitative estimate of drug-likeness (QED) is 0.785. The summed E-state index contributed by atoms with van der Waals surface area (Å²) in [7, 11) is 1.67. The fourth-order valence-electron chi connectivity index (χ4n) is 3.84. The maximum atomic E-state index is 5.84. The van der Waals surface area contributed by atoms with Gasteiger partial charge in [-0.15, -0.1) is 11.3 Å². The van der Waals surface area contributed by atoms with Gasteiger partial charge in [0.2, 0.25) is 0 Å². The Balaban J connectivity index is 1.24. The molecular weight excluding hydrogens is 360 g/mol. The number of rotatable bonds is 7. The SMILES string of the molecule is COc1ccc(OCc2nc(CN3CCC(N4CCNCC4)C3)cs2)cc1. The third-order valence-electron chi connectivity index (χ3n) is 5.32. The Hall–Kier alpha value is -1.67. The van der Waals surface area contributed by atoms with Gasteiger partial charge in [-0.25, -0.2) is 4.98 Å². The Morgan fingerprint density at radius 3 is 2.70 bits per heavy atom. The van der Waals surface area contributed by atoms with E-state index in [2.05, 4.69) is 20.5 Å². The number of methoxy groups -OCH3 is 1. The van der Waals surface area contributed by atoms with Crippen molar-refractivity contribution in [1.29, 1.82) is 0 Å². The van der Waals surface area contributed by atoms with Gasteiger partial charge < -0.3 is 14.8 Å². The number of piperazine rings is 1. The van der Waals surface area contributed by atoms with Crippen LogP contribution in [0.25, 0.3) is 0 Å². The standard InChI is InChI=1S/C20H28N4O2S/c1-25-18-2-4-19(5-3-18)26-14-20-22-16(15-27-20)12-23-9-6-17(13-23)24-10-7-21-8-11-24/h2-5,15,17,21H,6-14H2,1H3. The Bertz CT molecular complexity index is 715. The van der Waals surface area contributed by atoms with E-state index in [0.717, 1.165) is 48.4 Å². The number of thiazole rings is 1. The van der Waals surface area contributed by atoms with Crippen molar-refractivity contribution in [3.63, 3.8) is 0 Å². The van der Waals surface area contributed by atoms with Gasteiger partial charge in [-0.05, 0) is 30.7 Å². The largest absolute Gasteiger partial charge is 0.497 e. The lowest BCUT2D eigenvalue weighted by Gasteiger charge is -2.32. The number of ether oxygens (including phenoxy) is 2. The van der Waals surface area contributed by atoms with Crippen molar-refractivity contribution in [2.24, 2.45) is 0 Å². The highest BCUT2D eigenvalue weighted by atomic mass is 32.1. The summed E-state index contributed by atoms with van der Waals surface area (Å²) in [6.45, 7) is 8.41. The summed E-state index contributed by atoms with van der Waals surface area (Å²) in [4.78, 5) is 9.95. The average molecular weight is 389 g/mol. The van der Waals surface area contributed by atoms with Gasteiger partial charge in [0.1, 0.15) is 23.1 Å². The molecule has 1 aromatic heterocycles. The van der Waals surface area contributed by atoms with Gasteiger partial charge in [-0.1, -0.05) is 0 Å². The molecule has 1 N–H and O–H groups in total. The predicted octanol–water partition coefficient (Wildman–Crippen LogP) is 2.21. The molecule has 0 spiro atoms. The fourth-order valence-corrected chi connectivity index (χ4v) is 4.53. The smallest absolute Gasteiger partial charge is 0.140 e. The molecule has 2 aliphatic rings. The lowest BCUT2D eigenvalue weighted by atomic mass is 10.2. The van der Waals surface area contributed by atoms with E-state index in [9.17, 15) is 0 Å². The number of likely N-dealkylation sites (tertiary alicyclic amines) is 1. The minimum atomic E-state index is 0.514. The highest BCUT2D eigenvalue weighted by Crippen LogP contribution is 2.21. The molecule has 0 bridgehead atoms. The molecule has 0 amide bonds. The fraction of sp³-hybridized carbons (Fsp3) is 0.550. The second-order valence-electron chi connectivity index (χ2n) is 7.16. The van der Waals surface area contributed by atoms with Gasteiger partial charge in [-0.2, -0.15) is 0 Å². The van der Waals surface area contributed by atoms with Gasteiger partial charge in [0.15, 0.2) is 0 Å². The van der Waals surface area contributed by atoms with Crippen LogP contribution in [-0.2, 0) is 13.2 Å². The van der Waals surface area contributed by atoms with E-state index < -0.39 is 0 Å². The Morgan fingerprint density at radius 2 is 1.93 bits per heavy atom. The number of hydrogen-bond donors (Lipinski definition) is 1. The molecule has 0 aliphatic carbocycles. The molecule has 146 valence electrons. The van der Waals surface area contributed by atoms with Crippen LogP contribution in [-0.4, -0.2) is 67.2 Å². The molecule has 1 unspecified atom stereocenters. The van der Waals surface area contributed by atoms with Gasteiger partial charge in [0, 0.05) is 57.2 Å². The molecule has 6 nitrogen and oxygen atoms in total. The summed E-state index contributed by atoms with van der Waals surface area (Å²) in [6.07, 6.45) is 1.28. The first-order valence-corrected chi connectivity index (χ1v) is 10.6. The zero-order chi connectivity index (χ0) is 18.5. The van der Waals surface area contributed by atoms with Crippen LogP contribution in [0, 0.1) is 0 Å². The van der Waals surface area contributed by atoms with Crippen molar-refractivity contribution in [2.45, 2.75) is 25.6 Å². The summed E-state index contributed by atoms with van der Waals surface area (Å²) in [6, 6.07) is 8.38. The van der Waals surface area contributed by atoms with Crippen LogP contribution in [0.15, 0.2) is 29.6 Å². The third kappa shape index (κ3) is 4.99. The van der Waals surface area contributed by atoms with E-state index in [0.29, 0.717) is 12.6 Å². The normalized spacial score (nSPS) is 21.4. The van der Waals surface area contributed by atoms with Crippen molar-refractivity contribution >= 4 is 11.3 Å². The molecule has 0 saturated carbocycles. The zero-order valence-corrected chi connectivity index (χ0v) is 16.7. The van der Waals surface area contributed by atoms with Crippen molar-refractivity contribution < 1.29 is 9.47 Å². The molecule has 2 fully saturated rings. The van der Waals surface area contributed by atoms with Crippen LogP contribution in [0.3, 0.4) is 0 Å². The number of hydrogen-bond acceptors (Lipinski definition) is 7. The van der Waals surface area contributed by atoms with Crippen molar-refractivity contribution in [3.05, 3.63) is 40.3 Å². The molecule has 0 radical (unpaired) electrons. The summed E-state index contributed by atoms with van der Waals surface area (Å²) < 4.78 is 11.0. The minimum absolute atomic E-state index is 0.514. The van der Waals surface area contributed by atoms with E-state index >= 15 is 0 Å². The Kier molecular flexibility index (Phi) is 6.24. The van der Waals surface area contributed by atoms with E-state index in [-0.39, 0.29) is 0 Å². The lowest BCUT2D eigenvalue weighted by molar-refractivity contribution is 0.170. The van der Waals surface area contributed by atoms with Crippen molar-refractivity contribution in [3.8, 4) is 11.5 Å². The first-order valence-electron chi connectivity index (χ1n) is 9.67. The van der Waals surface area contributed by atoms with Crippen LogP contribution < -0.4 is 14.8 Å². The van der Waals surface area contributed by atoms with Gasteiger partial charge >= 0.3 is 0 Å². The Labute approximate surface area is 165 Å². The first kappa shape index (κ1) is 18.7. The van der Waals surface area contributed by atoms with E-state index in [1.807, 2.05) is 24.3 Å². The number of nitrogens with one attached hydrogen (secondary N) is 1. The topological polar surface area (TPSA) is 49.9 Å². The predicted molar refractivity (Wildman–Crippen MR) is 108 cm³/mol. The zero-order valence-electron chi connectivity index (χ0n) is 15.9. The lowest BCUT2D eigenvalue weighted by Crippen LogP contribution is -2.49. The second kappa shape index (κ2) is 9.01. The number of aromatic nitrogens is 1. The van der Waals surface area contributed by atoms with Crippen LogP contribution in [0.2, 0.25) is 0 Å². The summed E-state index contributed by atoms with van der Waals surface area (Å²) in [5.41, 5.74) is 1.16. The number of benzene rings is 1. The molecule has 1 aromatic carbocycles. The molecule has 2 aromatic rings. The highest BCUT2D eigenvalue weighted by molar-refractivity contribution is 7.09. The van der Waals surface area contributed by atoms with Gasteiger partial charge in [0.25, 0.3) is 0 Å². The maximum Gasteiger partial charge on any atom is 0.140 e. The van der Waals surface area contributed by atoms with E-state index in [1.165, 1.54) is 26.1 Å². The minimum Gasteiger partial charge on any atom is -0.497 e. The van der Waals surface area contributed by atoms with E-state index in [4.69, 9.17) is 14.5 Å². The van der Waals surface area contributed by atoms with Gasteiger partial charge in [-0.3, -0.25) is 9.80 Å². The molecule has 7 heteroatoms. The van der Waals surface area contributed by atoms with Crippen LogP contribution >= 0.6 is 11.3 Å². The van der Waals surface area contributed by atoms with Crippen LogP contribution in [0.1, 0.15) is 17.1 Å². The average Bonchev–Trinajstić information content (AvgIpc) is 3.37. The van der Waals surface area contributed by atoms with E-state index in [1.54, 1.807) is 18.4 Å². The number of nitrogens with zero attached hydrogens (tertiary/aromatic N) is 3. The monoisotopic (exact) mass is 388 g/mol.